The van der Waals surface area contributed by atoms with Crippen LogP contribution < -0.4 is 0 Å². The zero-order chi connectivity index (χ0) is 11.4. The molecule has 1 heterocycles. The standard InChI is InChI=1S/C10H15NO4/c1-3-15-10(14)11-5-4-9(13)8(6-11)7(2)12/h8H,3-6H2,1-2H3. The third-order valence-electron chi connectivity index (χ3n) is 2.44. The van der Waals surface area contributed by atoms with Gasteiger partial charge >= 0.3 is 6.09 Å². The fourth-order valence-corrected chi connectivity index (χ4v) is 1.57. The fourth-order valence-electron chi connectivity index (χ4n) is 1.57. The van der Waals surface area contributed by atoms with Crippen molar-refractivity contribution in [3.8, 4) is 0 Å². The molecule has 5 heteroatoms. The van der Waals surface area contributed by atoms with E-state index in [4.69, 9.17) is 4.74 Å². The molecular weight excluding hydrogens is 198 g/mol. The van der Waals surface area contributed by atoms with E-state index in [2.05, 4.69) is 0 Å². The maximum absolute atomic E-state index is 11.4. The summed E-state index contributed by atoms with van der Waals surface area (Å²) >= 11 is 0. The number of Topliss-reactive ketones (excluding diaryl/α,β-unsaturated/α-hetero) is 2. The van der Waals surface area contributed by atoms with Gasteiger partial charge in [0.1, 0.15) is 11.6 Å². The van der Waals surface area contributed by atoms with Crippen LogP contribution in [0.25, 0.3) is 0 Å². The summed E-state index contributed by atoms with van der Waals surface area (Å²) in [6.07, 6.45) is -0.209. The number of amides is 1. The lowest BCUT2D eigenvalue weighted by Gasteiger charge is -2.29. The van der Waals surface area contributed by atoms with Gasteiger partial charge in [-0.15, -0.1) is 0 Å². The monoisotopic (exact) mass is 213 g/mol. The Labute approximate surface area is 88.4 Å². The van der Waals surface area contributed by atoms with Gasteiger partial charge < -0.3 is 9.64 Å². The van der Waals surface area contributed by atoms with E-state index in [1.165, 1.54) is 11.8 Å². The number of likely N-dealkylation sites (tertiary alicyclic amines) is 1. The third-order valence-corrected chi connectivity index (χ3v) is 2.44. The maximum Gasteiger partial charge on any atom is 0.409 e. The Kier molecular flexibility index (Phi) is 3.82. The lowest BCUT2D eigenvalue weighted by molar-refractivity contribution is -0.134. The summed E-state index contributed by atoms with van der Waals surface area (Å²) in [5.74, 6) is -0.930. The first-order chi connectivity index (χ1) is 7.06. The van der Waals surface area contributed by atoms with Crippen LogP contribution in [0.4, 0.5) is 4.79 Å². The predicted octanol–water partition coefficient (Wildman–Crippen LogP) is 0.623. The summed E-state index contributed by atoms with van der Waals surface area (Å²) in [7, 11) is 0. The predicted molar refractivity (Wildman–Crippen MR) is 52.4 cm³/mol. The van der Waals surface area contributed by atoms with Gasteiger partial charge in [-0.2, -0.15) is 0 Å². The Balaban J connectivity index is 2.61. The Morgan fingerprint density at radius 3 is 2.73 bits per heavy atom. The number of nitrogens with zero attached hydrogens (tertiary/aromatic N) is 1. The molecule has 1 aliphatic heterocycles. The summed E-state index contributed by atoms with van der Waals surface area (Å²) in [5, 5.41) is 0. The third kappa shape index (κ3) is 2.78. The summed E-state index contributed by atoms with van der Waals surface area (Å²) in [5.41, 5.74) is 0. The topological polar surface area (TPSA) is 63.7 Å². The van der Waals surface area contributed by atoms with Crippen LogP contribution in [0.1, 0.15) is 20.3 Å². The van der Waals surface area contributed by atoms with E-state index in [9.17, 15) is 14.4 Å². The average molecular weight is 213 g/mol. The lowest BCUT2D eigenvalue weighted by atomic mass is 9.93. The molecule has 0 radical (unpaired) electrons. The minimum Gasteiger partial charge on any atom is -0.450 e. The van der Waals surface area contributed by atoms with Gasteiger partial charge in [0.15, 0.2) is 0 Å². The van der Waals surface area contributed by atoms with E-state index in [0.29, 0.717) is 13.2 Å². The highest BCUT2D eigenvalue weighted by Gasteiger charge is 2.33. The first-order valence-electron chi connectivity index (χ1n) is 5.01. The van der Waals surface area contributed by atoms with Gasteiger partial charge in [-0.05, 0) is 13.8 Å². The fraction of sp³-hybridized carbons (Fsp3) is 0.700. The second kappa shape index (κ2) is 4.91. The molecule has 84 valence electrons. The number of piperidine rings is 1. The van der Waals surface area contributed by atoms with Crippen molar-refractivity contribution in [1.29, 1.82) is 0 Å². The van der Waals surface area contributed by atoms with E-state index in [1.807, 2.05) is 0 Å². The number of hydrogen-bond donors (Lipinski definition) is 0. The van der Waals surface area contributed by atoms with Gasteiger partial charge in [-0.1, -0.05) is 0 Å². The second-order valence-electron chi connectivity index (χ2n) is 3.52. The van der Waals surface area contributed by atoms with Crippen molar-refractivity contribution in [3.05, 3.63) is 0 Å². The Morgan fingerprint density at radius 2 is 2.20 bits per heavy atom. The van der Waals surface area contributed by atoms with Crippen LogP contribution in [-0.2, 0) is 14.3 Å². The van der Waals surface area contributed by atoms with Gasteiger partial charge in [-0.25, -0.2) is 4.79 Å². The summed E-state index contributed by atoms with van der Waals surface area (Å²) in [4.78, 5) is 35.3. The molecule has 1 atom stereocenters. The first-order valence-corrected chi connectivity index (χ1v) is 5.01. The zero-order valence-corrected chi connectivity index (χ0v) is 8.99. The van der Waals surface area contributed by atoms with Gasteiger partial charge in [0, 0.05) is 19.5 Å². The lowest BCUT2D eigenvalue weighted by Crippen LogP contribution is -2.46. The molecule has 0 spiro atoms. The second-order valence-corrected chi connectivity index (χ2v) is 3.52. The van der Waals surface area contributed by atoms with E-state index >= 15 is 0 Å². The molecule has 0 aliphatic carbocycles. The molecule has 1 saturated heterocycles. The highest BCUT2D eigenvalue weighted by Crippen LogP contribution is 2.14. The molecule has 5 nitrogen and oxygen atoms in total. The normalized spacial score (nSPS) is 21.3. The Bertz CT molecular complexity index is 287. The molecule has 1 aliphatic rings. The molecule has 0 saturated carbocycles. The van der Waals surface area contributed by atoms with Crippen molar-refractivity contribution in [1.82, 2.24) is 4.90 Å². The molecular formula is C10H15NO4. The van der Waals surface area contributed by atoms with Crippen molar-refractivity contribution in [3.63, 3.8) is 0 Å². The highest BCUT2D eigenvalue weighted by atomic mass is 16.6. The van der Waals surface area contributed by atoms with Crippen LogP contribution in [0.5, 0.6) is 0 Å². The molecule has 15 heavy (non-hydrogen) atoms. The van der Waals surface area contributed by atoms with Gasteiger partial charge in [0.25, 0.3) is 0 Å². The molecule has 0 bridgehead atoms. The number of hydrogen-bond acceptors (Lipinski definition) is 4. The first kappa shape index (κ1) is 11.7. The Morgan fingerprint density at radius 1 is 1.53 bits per heavy atom. The van der Waals surface area contributed by atoms with Crippen molar-refractivity contribution >= 4 is 17.7 Å². The number of rotatable bonds is 2. The number of carbonyl (C=O) groups excluding carboxylic acids is 3. The van der Waals surface area contributed by atoms with Crippen molar-refractivity contribution < 1.29 is 19.1 Å². The molecule has 1 rings (SSSR count). The average Bonchev–Trinajstić information content (AvgIpc) is 2.18. The SMILES string of the molecule is CCOC(=O)N1CCC(=O)C(C(C)=O)C1. The summed E-state index contributed by atoms with van der Waals surface area (Å²) in [6, 6.07) is 0. The maximum atomic E-state index is 11.4. The smallest absolute Gasteiger partial charge is 0.409 e. The van der Waals surface area contributed by atoms with Gasteiger partial charge in [-0.3, -0.25) is 9.59 Å². The molecule has 1 unspecified atom stereocenters. The van der Waals surface area contributed by atoms with Gasteiger partial charge in [0.2, 0.25) is 0 Å². The van der Waals surface area contributed by atoms with Crippen LogP contribution in [0.3, 0.4) is 0 Å². The van der Waals surface area contributed by atoms with Crippen LogP contribution >= 0.6 is 0 Å². The van der Waals surface area contributed by atoms with Crippen LogP contribution in [-0.4, -0.2) is 42.3 Å². The number of ether oxygens (including phenoxy) is 1. The minimum atomic E-state index is -0.664. The molecule has 0 aromatic rings. The van der Waals surface area contributed by atoms with Crippen LogP contribution in [0.15, 0.2) is 0 Å². The minimum absolute atomic E-state index is 0.0805. The van der Waals surface area contributed by atoms with E-state index < -0.39 is 12.0 Å². The molecule has 0 aromatic heterocycles. The summed E-state index contributed by atoms with van der Waals surface area (Å²) < 4.78 is 4.81. The zero-order valence-electron chi connectivity index (χ0n) is 8.99. The van der Waals surface area contributed by atoms with E-state index in [1.54, 1.807) is 6.92 Å². The molecule has 0 N–H and O–H groups in total. The van der Waals surface area contributed by atoms with Crippen molar-refractivity contribution in [2.24, 2.45) is 5.92 Å². The number of ketones is 2. The Hall–Kier alpha value is -1.39. The van der Waals surface area contributed by atoms with E-state index in [-0.39, 0.29) is 24.5 Å². The summed E-state index contributed by atoms with van der Waals surface area (Å²) in [6.45, 7) is 3.90. The largest absolute Gasteiger partial charge is 0.450 e. The number of carbonyl (C=O) groups is 3. The van der Waals surface area contributed by atoms with Crippen molar-refractivity contribution in [2.45, 2.75) is 20.3 Å². The van der Waals surface area contributed by atoms with E-state index in [0.717, 1.165) is 0 Å². The van der Waals surface area contributed by atoms with Crippen LogP contribution in [0, 0.1) is 5.92 Å². The van der Waals surface area contributed by atoms with Crippen LogP contribution in [0.2, 0.25) is 0 Å². The highest BCUT2D eigenvalue weighted by molar-refractivity contribution is 6.02. The van der Waals surface area contributed by atoms with Crippen molar-refractivity contribution in [2.75, 3.05) is 19.7 Å². The van der Waals surface area contributed by atoms with Gasteiger partial charge in [0.05, 0.1) is 12.5 Å². The molecule has 1 amide bonds. The quantitative estimate of drug-likeness (QED) is 0.631. The molecule has 0 aromatic carbocycles. The molecule has 1 fully saturated rings.